The van der Waals surface area contributed by atoms with Crippen molar-refractivity contribution in [3.05, 3.63) is 22.3 Å². The second kappa shape index (κ2) is 17.7. The van der Waals surface area contributed by atoms with Gasteiger partial charge in [0, 0.05) is 12.0 Å². The zero-order valence-electron chi connectivity index (χ0n) is 28.3. The Morgan fingerprint density at radius 1 is 0.930 bits per heavy atom. The summed E-state index contributed by atoms with van der Waals surface area (Å²) in [7, 11) is 0. The Balaban J connectivity index is 1.89. The fourth-order valence-electron chi connectivity index (χ4n) is 6.34. The van der Waals surface area contributed by atoms with Crippen LogP contribution in [0.3, 0.4) is 0 Å². The van der Waals surface area contributed by atoms with Gasteiger partial charge in [-0.2, -0.15) is 0 Å². The molecule has 0 radical (unpaired) electrons. The number of nitrogens with one attached hydrogen (secondary N) is 1. The van der Waals surface area contributed by atoms with Gasteiger partial charge in [-0.3, -0.25) is 4.79 Å². The Kier molecular flexibility index (Phi) is 15.0. The maximum Gasteiger partial charge on any atom is 0.326 e. The lowest BCUT2D eigenvalue weighted by atomic mass is 9.83. The van der Waals surface area contributed by atoms with Gasteiger partial charge in [0.1, 0.15) is 29.4 Å². The predicted molar refractivity (Wildman–Crippen MR) is 173 cm³/mol. The summed E-state index contributed by atoms with van der Waals surface area (Å²) in [6, 6.07) is -1.11. The molecular weight excluding hydrogens is 542 g/mol. The molecule has 0 bridgehead atoms. The molecule has 0 aliphatic carbocycles. The second-order valence-corrected chi connectivity index (χ2v) is 13.9. The van der Waals surface area contributed by atoms with E-state index in [0.717, 1.165) is 71.4 Å². The average Bonchev–Trinajstić information content (AvgIpc) is 2.93. The van der Waals surface area contributed by atoms with E-state index >= 15 is 0 Å². The maximum absolute atomic E-state index is 12.5. The van der Waals surface area contributed by atoms with Gasteiger partial charge >= 0.3 is 5.97 Å². The fourth-order valence-corrected chi connectivity index (χ4v) is 6.34. The first-order chi connectivity index (χ1) is 20.3. The van der Waals surface area contributed by atoms with Crippen LogP contribution in [0.15, 0.2) is 0 Å². The molecule has 1 aromatic rings. The number of carboxylic acids is 1. The number of aldehydes is 1. The molecule has 0 aromatic heterocycles. The average molecular weight is 602 g/mol. The summed E-state index contributed by atoms with van der Waals surface area (Å²) < 4.78 is 12.7. The van der Waals surface area contributed by atoms with Crippen molar-refractivity contribution in [1.29, 1.82) is 0 Å². The standard InChI is InChI=1S/C36H59NO6/c1-24(2)13-9-14-25(3)15-10-16-26(4)17-11-20-36(8)21-19-30-29(7)33(27(5)28(6)34(30)43-36)42-23-32(39)37-31(35(40)41)18-12-22-38/h22,24-26,31H,9-21,23H2,1-8H3,(H,37,39)(H,40,41)/t25-,26-,31+,36-/m1/s1. The monoisotopic (exact) mass is 601 g/mol. The minimum absolute atomic E-state index is 0.0492. The first-order valence-corrected chi connectivity index (χ1v) is 16.7. The molecule has 244 valence electrons. The lowest BCUT2D eigenvalue weighted by Gasteiger charge is -2.38. The van der Waals surface area contributed by atoms with E-state index in [4.69, 9.17) is 9.47 Å². The van der Waals surface area contributed by atoms with Gasteiger partial charge in [-0.05, 0) is 94.2 Å². The first-order valence-electron chi connectivity index (χ1n) is 16.7. The van der Waals surface area contributed by atoms with E-state index in [1.165, 1.54) is 44.9 Å². The number of hydrogen-bond acceptors (Lipinski definition) is 5. The molecule has 2 rings (SSSR count). The largest absolute Gasteiger partial charge is 0.487 e. The van der Waals surface area contributed by atoms with E-state index in [0.29, 0.717) is 12.0 Å². The lowest BCUT2D eigenvalue weighted by Crippen LogP contribution is -2.43. The van der Waals surface area contributed by atoms with Crippen molar-refractivity contribution in [2.24, 2.45) is 17.8 Å². The number of aliphatic carboxylic acids is 1. The van der Waals surface area contributed by atoms with Gasteiger partial charge in [0.25, 0.3) is 5.91 Å². The summed E-state index contributed by atoms with van der Waals surface area (Å²) in [6.07, 6.45) is 14.1. The number of carbonyl (C=O) groups excluding carboxylic acids is 2. The maximum atomic E-state index is 12.5. The Bertz CT molecular complexity index is 1070. The fraction of sp³-hybridized carbons (Fsp3) is 0.750. The minimum atomic E-state index is -1.17. The van der Waals surface area contributed by atoms with Crippen LogP contribution in [0.2, 0.25) is 0 Å². The molecule has 2 N–H and O–H groups in total. The Morgan fingerprint density at radius 2 is 1.53 bits per heavy atom. The normalized spacial score (nSPS) is 18.3. The van der Waals surface area contributed by atoms with Crippen LogP contribution in [-0.2, 0) is 20.8 Å². The van der Waals surface area contributed by atoms with E-state index in [9.17, 15) is 19.5 Å². The van der Waals surface area contributed by atoms with Crippen molar-refractivity contribution in [1.82, 2.24) is 5.32 Å². The molecule has 0 saturated heterocycles. The number of rotatable bonds is 20. The van der Waals surface area contributed by atoms with Crippen LogP contribution in [0.4, 0.5) is 0 Å². The highest BCUT2D eigenvalue weighted by Gasteiger charge is 2.34. The third-order valence-electron chi connectivity index (χ3n) is 9.39. The molecule has 43 heavy (non-hydrogen) atoms. The molecule has 7 nitrogen and oxygen atoms in total. The lowest BCUT2D eigenvalue weighted by molar-refractivity contribution is -0.142. The van der Waals surface area contributed by atoms with Crippen LogP contribution in [0.1, 0.15) is 134 Å². The number of carbonyl (C=O) groups is 3. The summed E-state index contributed by atoms with van der Waals surface area (Å²) in [5, 5.41) is 11.8. The summed E-state index contributed by atoms with van der Waals surface area (Å²) in [4.78, 5) is 34.5. The molecule has 1 aliphatic heterocycles. The van der Waals surface area contributed by atoms with Crippen LogP contribution < -0.4 is 14.8 Å². The highest BCUT2D eigenvalue weighted by atomic mass is 16.5. The Labute approximate surface area is 260 Å². The molecule has 0 unspecified atom stereocenters. The highest BCUT2D eigenvalue weighted by Crippen LogP contribution is 2.45. The minimum Gasteiger partial charge on any atom is -0.487 e. The Morgan fingerprint density at radius 3 is 2.12 bits per heavy atom. The van der Waals surface area contributed by atoms with Crippen LogP contribution in [-0.4, -0.2) is 41.5 Å². The summed E-state index contributed by atoms with van der Waals surface area (Å²) in [6.45, 7) is 17.4. The van der Waals surface area contributed by atoms with Crippen LogP contribution >= 0.6 is 0 Å². The van der Waals surface area contributed by atoms with Gasteiger partial charge in [-0.25, -0.2) is 4.79 Å². The smallest absolute Gasteiger partial charge is 0.326 e. The van der Waals surface area contributed by atoms with E-state index in [-0.39, 0.29) is 25.0 Å². The van der Waals surface area contributed by atoms with Crippen LogP contribution in [0, 0.1) is 38.5 Å². The van der Waals surface area contributed by atoms with Gasteiger partial charge in [0.15, 0.2) is 6.61 Å². The highest BCUT2D eigenvalue weighted by molar-refractivity contribution is 5.84. The second-order valence-electron chi connectivity index (χ2n) is 13.9. The van der Waals surface area contributed by atoms with Gasteiger partial charge in [0.2, 0.25) is 0 Å². The molecule has 0 spiro atoms. The third kappa shape index (κ3) is 11.8. The van der Waals surface area contributed by atoms with Crippen molar-refractivity contribution in [2.75, 3.05) is 6.61 Å². The first kappa shape index (κ1) is 36.6. The quantitative estimate of drug-likeness (QED) is 0.147. The molecule has 7 heteroatoms. The number of benzene rings is 1. The van der Waals surface area contributed by atoms with E-state index in [1.807, 2.05) is 20.8 Å². The molecule has 1 amide bonds. The third-order valence-corrected chi connectivity index (χ3v) is 9.39. The SMILES string of the molecule is Cc1c(C)c2c(c(C)c1OCC(=O)N[C@@H](CCC=O)C(=O)O)CC[C@@](C)(CCC[C@H](C)CCC[C@H](C)CCCC(C)C)O2. The van der Waals surface area contributed by atoms with Gasteiger partial charge in [-0.15, -0.1) is 0 Å². The molecule has 1 aliphatic rings. The van der Waals surface area contributed by atoms with Crippen molar-refractivity contribution >= 4 is 18.2 Å². The zero-order chi connectivity index (χ0) is 32.2. The van der Waals surface area contributed by atoms with Gasteiger partial charge < -0.3 is 24.7 Å². The van der Waals surface area contributed by atoms with Crippen molar-refractivity contribution < 1.29 is 29.0 Å². The molecule has 4 atom stereocenters. The van der Waals surface area contributed by atoms with E-state index in [1.54, 1.807) is 0 Å². The van der Waals surface area contributed by atoms with E-state index < -0.39 is 17.9 Å². The van der Waals surface area contributed by atoms with Gasteiger partial charge in [0.05, 0.1) is 0 Å². The van der Waals surface area contributed by atoms with E-state index in [2.05, 4.69) is 39.9 Å². The van der Waals surface area contributed by atoms with Crippen LogP contribution in [0.5, 0.6) is 11.5 Å². The zero-order valence-corrected chi connectivity index (χ0v) is 28.3. The molecule has 1 heterocycles. The molecule has 0 fully saturated rings. The summed E-state index contributed by atoms with van der Waals surface area (Å²) in [5.41, 5.74) is 3.84. The Hall–Kier alpha value is -2.57. The number of hydrogen-bond donors (Lipinski definition) is 2. The number of carboxylic acid groups (broad SMARTS) is 1. The molecule has 0 saturated carbocycles. The summed E-state index contributed by atoms with van der Waals surface area (Å²) in [5.74, 6) is 2.29. The number of ether oxygens (including phenoxy) is 2. The summed E-state index contributed by atoms with van der Waals surface area (Å²) >= 11 is 0. The van der Waals surface area contributed by atoms with Gasteiger partial charge in [-0.1, -0.05) is 72.6 Å². The van der Waals surface area contributed by atoms with Crippen molar-refractivity contribution in [2.45, 2.75) is 151 Å². The predicted octanol–water partition coefficient (Wildman–Crippen LogP) is 8.06. The topological polar surface area (TPSA) is 102 Å². The van der Waals surface area contributed by atoms with Crippen molar-refractivity contribution in [3.8, 4) is 11.5 Å². The van der Waals surface area contributed by atoms with Crippen LogP contribution in [0.25, 0.3) is 0 Å². The van der Waals surface area contributed by atoms with Crippen molar-refractivity contribution in [3.63, 3.8) is 0 Å². The number of amides is 1. The number of fused-ring (bicyclic) bond motifs is 1. The molecule has 1 aromatic carbocycles. The molecular formula is C36H59NO6.